The number of aryl methyl sites for hydroxylation is 1. The van der Waals surface area contributed by atoms with Gasteiger partial charge in [0.05, 0.1) is 6.61 Å². The molecule has 0 unspecified atom stereocenters. The van der Waals surface area contributed by atoms with Crippen molar-refractivity contribution in [2.45, 2.75) is 26.1 Å². The molecule has 21 heavy (non-hydrogen) atoms. The quantitative estimate of drug-likeness (QED) is 0.881. The van der Waals surface area contributed by atoms with Crippen molar-refractivity contribution in [3.8, 4) is 0 Å². The smallest absolute Gasteiger partial charge is 0.333 e. The number of halogens is 1. The van der Waals surface area contributed by atoms with Gasteiger partial charge in [0, 0.05) is 11.4 Å². The van der Waals surface area contributed by atoms with Crippen LogP contribution in [-0.2, 0) is 22.6 Å². The van der Waals surface area contributed by atoms with Gasteiger partial charge in [-0.3, -0.25) is 0 Å². The number of carboxylic acid groups (broad SMARTS) is 1. The third kappa shape index (κ3) is 4.59. The summed E-state index contributed by atoms with van der Waals surface area (Å²) < 4.78 is 5.55. The molecule has 4 heteroatoms. The fourth-order valence-corrected chi connectivity index (χ4v) is 2.24. The van der Waals surface area contributed by atoms with E-state index in [4.69, 9.17) is 16.3 Å². The molecule has 1 N–H and O–H groups in total. The van der Waals surface area contributed by atoms with Gasteiger partial charge >= 0.3 is 5.97 Å². The summed E-state index contributed by atoms with van der Waals surface area (Å²) >= 11 is 5.96. The molecular formula is C17H17ClO3. The summed E-state index contributed by atoms with van der Waals surface area (Å²) in [4.78, 5) is 11.4. The van der Waals surface area contributed by atoms with Gasteiger partial charge in [-0.05, 0) is 35.7 Å². The van der Waals surface area contributed by atoms with Gasteiger partial charge in [0.25, 0.3) is 0 Å². The molecule has 1 atom stereocenters. The normalized spacial score (nSPS) is 12.1. The zero-order chi connectivity index (χ0) is 15.2. The van der Waals surface area contributed by atoms with Crippen molar-refractivity contribution in [1.82, 2.24) is 0 Å². The van der Waals surface area contributed by atoms with Crippen molar-refractivity contribution in [2.75, 3.05) is 0 Å². The molecule has 2 aromatic rings. The van der Waals surface area contributed by atoms with Crippen molar-refractivity contribution in [1.29, 1.82) is 0 Å². The first-order valence-electron chi connectivity index (χ1n) is 6.69. The van der Waals surface area contributed by atoms with E-state index < -0.39 is 12.1 Å². The van der Waals surface area contributed by atoms with E-state index in [2.05, 4.69) is 0 Å². The Labute approximate surface area is 129 Å². The molecule has 0 aromatic heterocycles. The Morgan fingerprint density at radius 3 is 2.62 bits per heavy atom. The predicted molar refractivity (Wildman–Crippen MR) is 82.5 cm³/mol. The third-order valence-electron chi connectivity index (χ3n) is 3.29. The molecule has 0 amide bonds. The van der Waals surface area contributed by atoms with Crippen LogP contribution in [0.3, 0.4) is 0 Å². The molecular weight excluding hydrogens is 288 g/mol. The van der Waals surface area contributed by atoms with Gasteiger partial charge in [0.1, 0.15) is 0 Å². The molecule has 0 heterocycles. The van der Waals surface area contributed by atoms with Gasteiger partial charge < -0.3 is 9.84 Å². The molecule has 0 fully saturated rings. The average molecular weight is 305 g/mol. The highest BCUT2D eigenvalue weighted by Crippen LogP contribution is 2.18. The first-order valence-corrected chi connectivity index (χ1v) is 7.07. The minimum absolute atomic E-state index is 0.275. The lowest BCUT2D eigenvalue weighted by Gasteiger charge is -2.15. The Kier molecular flexibility index (Phi) is 5.37. The van der Waals surface area contributed by atoms with Crippen LogP contribution in [0.15, 0.2) is 48.5 Å². The van der Waals surface area contributed by atoms with Crippen LogP contribution in [0.5, 0.6) is 0 Å². The molecule has 0 bridgehead atoms. The van der Waals surface area contributed by atoms with Crippen molar-refractivity contribution in [2.24, 2.45) is 0 Å². The summed E-state index contributed by atoms with van der Waals surface area (Å²) in [5.74, 6) is -0.967. The fourth-order valence-electron chi connectivity index (χ4n) is 2.05. The van der Waals surface area contributed by atoms with E-state index >= 15 is 0 Å². The minimum atomic E-state index is -0.967. The molecule has 2 rings (SSSR count). The lowest BCUT2D eigenvalue weighted by molar-refractivity contribution is -0.151. The second-order valence-corrected chi connectivity index (χ2v) is 5.33. The van der Waals surface area contributed by atoms with Gasteiger partial charge in [-0.2, -0.15) is 0 Å². The molecule has 0 spiro atoms. The molecule has 0 saturated carbocycles. The van der Waals surface area contributed by atoms with Crippen LogP contribution < -0.4 is 0 Å². The average Bonchev–Trinajstić information content (AvgIpc) is 2.47. The maximum absolute atomic E-state index is 11.4. The topological polar surface area (TPSA) is 46.5 Å². The molecule has 0 radical (unpaired) electrons. The highest BCUT2D eigenvalue weighted by atomic mass is 35.5. The molecule has 2 aromatic carbocycles. The van der Waals surface area contributed by atoms with E-state index in [1.54, 1.807) is 12.1 Å². The maximum atomic E-state index is 11.4. The van der Waals surface area contributed by atoms with Crippen LogP contribution in [0.2, 0.25) is 5.02 Å². The molecule has 0 aliphatic heterocycles. The Bertz CT molecular complexity index is 611. The Hall–Kier alpha value is -1.84. The summed E-state index contributed by atoms with van der Waals surface area (Å²) in [5, 5.41) is 9.91. The Morgan fingerprint density at radius 2 is 1.95 bits per heavy atom. The molecule has 110 valence electrons. The van der Waals surface area contributed by atoms with Crippen LogP contribution in [0, 0.1) is 6.92 Å². The highest BCUT2D eigenvalue weighted by Gasteiger charge is 2.19. The van der Waals surface area contributed by atoms with E-state index in [0.29, 0.717) is 11.4 Å². The van der Waals surface area contributed by atoms with E-state index in [1.165, 1.54) is 0 Å². The van der Waals surface area contributed by atoms with Gasteiger partial charge in [-0.15, -0.1) is 0 Å². The van der Waals surface area contributed by atoms with Crippen LogP contribution >= 0.6 is 11.6 Å². The fraction of sp³-hybridized carbons (Fsp3) is 0.235. The van der Waals surface area contributed by atoms with Gasteiger partial charge in [0.2, 0.25) is 0 Å². The number of carboxylic acids is 1. The number of hydrogen-bond donors (Lipinski definition) is 1. The monoisotopic (exact) mass is 304 g/mol. The number of hydrogen-bond acceptors (Lipinski definition) is 2. The van der Waals surface area contributed by atoms with E-state index in [9.17, 15) is 9.90 Å². The summed E-state index contributed by atoms with van der Waals surface area (Å²) in [7, 11) is 0. The lowest BCUT2D eigenvalue weighted by Crippen LogP contribution is -2.26. The first kappa shape index (κ1) is 15.5. The standard InChI is InChI=1S/C17H17ClO3/c1-12-7-8-15(18)9-14(12)10-16(17(19)20)21-11-13-5-3-2-4-6-13/h2-9,16H,10-11H2,1H3,(H,19,20)/t16-/m1/s1. The van der Waals surface area contributed by atoms with Crippen LogP contribution in [0.4, 0.5) is 0 Å². The number of benzene rings is 2. The zero-order valence-corrected chi connectivity index (χ0v) is 12.5. The maximum Gasteiger partial charge on any atom is 0.333 e. The molecule has 0 saturated heterocycles. The van der Waals surface area contributed by atoms with Crippen molar-refractivity contribution < 1.29 is 14.6 Å². The third-order valence-corrected chi connectivity index (χ3v) is 3.52. The largest absolute Gasteiger partial charge is 0.479 e. The predicted octanol–water partition coefficient (Wildman–Crippen LogP) is 3.86. The second-order valence-electron chi connectivity index (χ2n) is 4.90. The van der Waals surface area contributed by atoms with Crippen LogP contribution in [0.25, 0.3) is 0 Å². The number of aliphatic carboxylic acids is 1. The van der Waals surface area contributed by atoms with Gasteiger partial charge in [0.15, 0.2) is 6.10 Å². The SMILES string of the molecule is Cc1ccc(Cl)cc1C[C@@H](OCc1ccccc1)C(=O)O. The second kappa shape index (κ2) is 7.25. The minimum Gasteiger partial charge on any atom is -0.479 e. The first-order chi connectivity index (χ1) is 10.1. The summed E-state index contributed by atoms with van der Waals surface area (Å²) in [6, 6.07) is 15.0. The Morgan fingerprint density at radius 1 is 1.24 bits per heavy atom. The number of ether oxygens (including phenoxy) is 1. The van der Waals surface area contributed by atoms with Crippen molar-refractivity contribution in [3.63, 3.8) is 0 Å². The van der Waals surface area contributed by atoms with Crippen LogP contribution in [0.1, 0.15) is 16.7 Å². The molecule has 3 nitrogen and oxygen atoms in total. The van der Waals surface area contributed by atoms with E-state index in [1.807, 2.05) is 43.3 Å². The number of rotatable bonds is 6. The highest BCUT2D eigenvalue weighted by molar-refractivity contribution is 6.30. The van der Waals surface area contributed by atoms with Crippen LogP contribution in [-0.4, -0.2) is 17.2 Å². The molecule has 0 aliphatic carbocycles. The summed E-state index contributed by atoms with van der Waals surface area (Å²) in [5.41, 5.74) is 2.85. The van der Waals surface area contributed by atoms with Gasteiger partial charge in [-0.1, -0.05) is 48.0 Å². The molecule has 0 aliphatic rings. The van der Waals surface area contributed by atoms with Crippen molar-refractivity contribution in [3.05, 3.63) is 70.2 Å². The zero-order valence-electron chi connectivity index (χ0n) is 11.8. The summed E-state index contributed by atoms with van der Waals surface area (Å²) in [6.45, 7) is 2.21. The summed E-state index contributed by atoms with van der Waals surface area (Å²) in [6.07, 6.45) is -0.587. The van der Waals surface area contributed by atoms with Crippen molar-refractivity contribution >= 4 is 17.6 Å². The van der Waals surface area contributed by atoms with E-state index in [-0.39, 0.29) is 6.61 Å². The van der Waals surface area contributed by atoms with Gasteiger partial charge in [-0.25, -0.2) is 4.79 Å². The number of carbonyl (C=O) groups is 1. The Balaban J connectivity index is 2.05. The van der Waals surface area contributed by atoms with E-state index in [0.717, 1.165) is 16.7 Å². The lowest BCUT2D eigenvalue weighted by atomic mass is 10.0.